The SMILES string of the molecule is NC(=O)CCNc1cc(C(N)=O)nc(-c2ccc(Oc3ccc(P)cc3)cc2)n1. The van der Waals surface area contributed by atoms with Crippen molar-refractivity contribution in [3.8, 4) is 22.9 Å². The van der Waals surface area contributed by atoms with E-state index in [0.29, 0.717) is 23.0 Å². The average molecular weight is 409 g/mol. The monoisotopic (exact) mass is 409 g/mol. The Kier molecular flexibility index (Phi) is 6.36. The number of nitrogens with two attached hydrogens (primary N) is 2. The lowest BCUT2D eigenvalue weighted by molar-refractivity contribution is -0.117. The second-order valence-corrected chi connectivity index (χ2v) is 6.83. The van der Waals surface area contributed by atoms with Crippen LogP contribution in [0, 0.1) is 0 Å². The Morgan fingerprint density at radius 2 is 1.59 bits per heavy atom. The summed E-state index contributed by atoms with van der Waals surface area (Å²) < 4.78 is 5.81. The number of hydrogen-bond acceptors (Lipinski definition) is 6. The third-order valence-electron chi connectivity index (χ3n) is 3.88. The molecule has 3 rings (SSSR count). The van der Waals surface area contributed by atoms with Crippen LogP contribution in [0.5, 0.6) is 11.5 Å². The van der Waals surface area contributed by atoms with Crippen molar-refractivity contribution in [1.29, 1.82) is 0 Å². The van der Waals surface area contributed by atoms with E-state index in [1.165, 1.54) is 6.07 Å². The van der Waals surface area contributed by atoms with Gasteiger partial charge in [-0.05, 0) is 41.7 Å². The Balaban J connectivity index is 1.80. The highest BCUT2D eigenvalue weighted by atomic mass is 31.0. The molecule has 0 bridgehead atoms. The van der Waals surface area contributed by atoms with Crippen LogP contribution in [-0.4, -0.2) is 28.3 Å². The highest BCUT2D eigenvalue weighted by molar-refractivity contribution is 7.27. The quantitative estimate of drug-likeness (QED) is 0.486. The molecule has 1 atom stereocenters. The molecule has 2 aromatic carbocycles. The predicted molar refractivity (Wildman–Crippen MR) is 114 cm³/mol. The van der Waals surface area contributed by atoms with Crippen LogP contribution >= 0.6 is 9.24 Å². The highest BCUT2D eigenvalue weighted by Gasteiger charge is 2.11. The first-order valence-electron chi connectivity index (χ1n) is 8.75. The summed E-state index contributed by atoms with van der Waals surface area (Å²) in [6, 6.07) is 16.2. The number of ether oxygens (including phenoxy) is 1. The summed E-state index contributed by atoms with van der Waals surface area (Å²) in [7, 11) is 2.62. The van der Waals surface area contributed by atoms with Gasteiger partial charge in [0.25, 0.3) is 5.91 Å². The Morgan fingerprint density at radius 1 is 0.966 bits per heavy atom. The molecule has 0 spiro atoms. The minimum absolute atomic E-state index is 0.0643. The van der Waals surface area contributed by atoms with Crippen LogP contribution < -0.4 is 26.8 Å². The molecule has 1 unspecified atom stereocenters. The fourth-order valence-corrected chi connectivity index (χ4v) is 2.64. The van der Waals surface area contributed by atoms with Crippen LogP contribution in [-0.2, 0) is 4.79 Å². The maximum Gasteiger partial charge on any atom is 0.267 e. The number of anilines is 1. The van der Waals surface area contributed by atoms with Crippen molar-refractivity contribution in [2.75, 3.05) is 11.9 Å². The van der Waals surface area contributed by atoms with Crippen molar-refractivity contribution in [3.05, 3.63) is 60.3 Å². The van der Waals surface area contributed by atoms with E-state index in [9.17, 15) is 9.59 Å². The molecule has 1 aromatic heterocycles. The number of rotatable bonds is 8. The van der Waals surface area contributed by atoms with Gasteiger partial charge in [0.2, 0.25) is 5.91 Å². The van der Waals surface area contributed by atoms with Gasteiger partial charge in [-0.25, -0.2) is 9.97 Å². The summed E-state index contributed by atoms with van der Waals surface area (Å²) in [5.41, 5.74) is 11.3. The zero-order valence-corrected chi connectivity index (χ0v) is 16.6. The largest absolute Gasteiger partial charge is 0.457 e. The highest BCUT2D eigenvalue weighted by Crippen LogP contribution is 2.25. The molecule has 0 saturated carbocycles. The zero-order chi connectivity index (χ0) is 20.8. The maximum absolute atomic E-state index is 11.6. The number of amides is 2. The van der Waals surface area contributed by atoms with Crippen LogP contribution in [0.25, 0.3) is 11.4 Å². The zero-order valence-electron chi connectivity index (χ0n) is 15.5. The van der Waals surface area contributed by atoms with Crippen LogP contribution in [0.4, 0.5) is 5.82 Å². The van der Waals surface area contributed by atoms with E-state index in [4.69, 9.17) is 16.2 Å². The van der Waals surface area contributed by atoms with E-state index in [2.05, 4.69) is 24.5 Å². The lowest BCUT2D eigenvalue weighted by Crippen LogP contribution is -2.18. The fourth-order valence-electron chi connectivity index (χ4n) is 2.45. The van der Waals surface area contributed by atoms with Gasteiger partial charge in [0.15, 0.2) is 5.82 Å². The molecule has 0 radical (unpaired) electrons. The van der Waals surface area contributed by atoms with Crippen LogP contribution in [0.2, 0.25) is 0 Å². The van der Waals surface area contributed by atoms with E-state index in [1.807, 2.05) is 24.3 Å². The summed E-state index contributed by atoms with van der Waals surface area (Å²) in [6.07, 6.45) is 0.134. The fraction of sp³-hybridized carbons (Fsp3) is 0.100. The third kappa shape index (κ3) is 5.73. The molecular formula is C20H20N5O3P. The van der Waals surface area contributed by atoms with Gasteiger partial charge in [0.1, 0.15) is 23.0 Å². The minimum atomic E-state index is -0.677. The van der Waals surface area contributed by atoms with E-state index in [1.54, 1.807) is 24.3 Å². The van der Waals surface area contributed by atoms with Gasteiger partial charge < -0.3 is 21.5 Å². The van der Waals surface area contributed by atoms with Crippen LogP contribution in [0.1, 0.15) is 16.9 Å². The molecule has 3 aromatic rings. The van der Waals surface area contributed by atoms with E-state index < -0.39 is 11.8 Å². The van der Waals surface area contributed by atoms with Crippen LogP contribution in [0.3, 0.4) is 0 Å². The third-order valence-corrected chi connectivity index (χ3v) is 4.27. The standard InChI is InChI=1S/C20H20N5O3P/c21-17(26)9-10-23-18-11-16(19(22)27)24-20(25-18)12-1-3-13(4-2-12)28-14-5-7-15(29)8-6-14/h1-8,11H,9-10,29H2,(H2,21,26)(H2,22,27)(H,23,24,25). The van der Waals surface area contributed by atoms with Crippen LogP contribution in [0.15, 0.2) is 54.6 Å². The molecule has 9 heteroatoms. The molecule has 8 nitrogen and oxygen atoms in total. The second-order valence-electron chi connectivity index (χ2n) is 6.16. The first-order valence-corrected chi connectivity index (χ1v) is 9.33. The Bertz CT molecular complexity index is 1020. The lowest BCUT2D eigenvalue weighted by atomic mass is 10.2. The van der Waals surface area contributed by atoms with Crippen molar-refractivity contribution in [3.63, 3.8) is 0 Å². The Hall–Kier alpha value is -3.51. The molecule has 2 amide bonds. The molecule has 29 heavy (non-hydrogen) atoms. The second kappa shape index (κ2) is 9.12. The topological polar surface area (TPSA) is 133 Å². The number of nitrogens with one attached hydrogen (secondary N) is 1. The normalized spacial score (nSPS) is 10.4. The smallest absolute Gasteiger partial charge is 0.267 e. The van der Waals surface area contributed by atoms with Gasteiger partial charge in [-0.1, -0.05) is 12.1 Å². The Labute approximate surface area is 169 Å². The number of nitrogens with zero attached hydrogens (tertiary/aromatic N) is 2. The first-order chi connectivity index (χ1) is 13.9. The molecule has 148 valence electrons. The van der Waals surface area contributed by atoms with Gasteiger partial charge in [-0.15, -0.1) is 9.24 Å². The van der Waals surface area contributed by atoms with E-state index in [-0.39, 0.29) is 18.7 Å². The van der Waals surface area contributed by atoms with Gasteiger partial charge in [-0.2, -0.15) is 0 Å². The number of primary amides is 2. The van der Waals surface area contributed by atoms with Crippen molar-refractivity contribution in [1.82, 2.24) is 9.97 Å². The number of benzene rings is 2. The number of carbonyl (C=O) groups is 2. The first kappa shape index (κ1) is 20.2. The van der Waals surface area contributed by atoms with Crippen molar-refractivity contribution in [2.45, 2.75) is 6.42 Å². The lowest BCUT2D eigenvalue weighted by Gasteiger charge is -2.10. The van der Waals surface area contributed by atoms with Crippen molar-refractivity contribution < 1.29 is 14.3 Å². The molecular weight excluding hydrogens is 389 g/mol. The van der Waals surface area contributed by atoms with Crippen molar-refractivity contribution in [2.24, 2.45) is 11.5 Å². The molecule has 0 fully saturated rings. The van der Waals surface area contributed by atoms with Gasteiger partial charge in [-0.3, -0.25) is 9.59 Å². The molecule has 0 saturated heterocycles. The molecule has 5 N–H and O–H groups in total. The van der Waals surface area contributed by atoms with Crippen molar-refractivity contribution >= 4 is 32.2 Å². The molecule has 0 aliphatic heterocycles. The summed E-state index contributed by atoms with van der Waals surface area (Å²) in [5.74, 6) is 0.951. The van der Waals surface area contributed by atoms with E-state index in [0.717, 1.165) is 11.1 Å². The molecule has 0 aliphatic rings. The molecule has 1 heterocycles. The van der Waals surface area contributed by atoms with E-state index >= 15 is 0 Å². The summed E-state index contributed by atoms with van der Waals surface area (Å²) >= 11 is 0. The maximum atomic E-state index is 11.6. The Morgan fingerprint density at radius 3 is 2.17 bits per heavy atom. The number of aromatic nitrogens is 2. The summed E-state index contributed by atoms with van der Waals surface area (Å²) in [5, 5.41) is 4.01. The van der Waals surface area contributed by atoms with Gasteiger partial charge >= 0.3 is 0 Å². The molecule has 0 aliphatic carbocycles. The predicted octanol–water partition coefficient (Wildman–Crippen LogP) is 1.82. The minimum Gasteiger partial charge on any atom is -0.457 e. The summed E-state index contributed by atoms with van der Waals surface area (Å²) in [4.78, 5) is 31.1. The number of hydrogen-bond donors (Lipinski definition) is 3. The average Bonchev–Trinajstić information content (AvgIpc) is 2.70. The summed E-state index contributed by atoms with van der Waals surface area (Å²) in [6.45, 7) is 0.284. The van der Waals surface area contributed by atoms with Gasteiger partial charge in [0, 0.05) is 24.6 Å². The van der Waals surface area contributed by atoms with Gasteiger partial charge in [0.05, 0.1) is 0 Å². The number of carbonyl (C=O) groups excluding carboxylic acids is 2.